The van der Waals surface area contributed by atoms with Gasteiger partial charge in [0.05, 0.1) is 0 Å². The molecule has 1 amide bonds. The Labute approximate surface area is 100 Å². The fourth-order valence-corrected chi connectivity index (χ4v) is 2.02. The molecule has 1 aliphatic heterocycles. The molecular formula is C13H17FN2O. The summed E-state index contributed by atoms with van der Waals surface area (Å²) < 4.78 is 13.2. The Bertz CT molecular complexity index is 457. The predicted molar refractivity (Wildman–Crippen MR) is 64.1 cm³/mol. The van der Waals surface area contributed by atoms with E-state index >= 15 is 0 Å². The van der Waals surface area contributed by atoms with E-state index in [1.807, 2.05) is 13.8 Å². The van der Waals surface area contributed by atoms with Crippen molar-refractivity contribution in [3.8, 4) is 0 Å². The molecule has 1 atom stereocenters. The van der Waals surface area contributed by atoms with Crippen LogP contribution in [0.4, 0.5) is 4.39 Å². The Kier molecular flexibility index (Phi) is 2.91. The summed E-state index contributed by atoms with van der Waals surface area (Å²) >= 11 is 0. The van der Waals surface area contributed by atoms with E-state index in [1.165, 1.54) is 6.07 Å². The second kappa shape index (κ2) is 4.11. The van der Waals surface area contributed by atoms with Crippen molar-refractivity contribution in [3.05, 3.63) is 35.1 Å². The van der Waals surface area contributed by atoms with Gasteiger partial charge in [-0.15, -0.1) is 0 Å². The molecule has 0 saturated carbocycles. The van der Waals surface area contributed by atoms with Crippen LogP contribution in [0.1, 0.15) is 31.0 Å². The standard InChI is InChI=1S/C13H17FN2O/c1-8-6-9(4-5-10(8)14)11-12(17)16-13(2,3)7-15-11/h4-6,11,15H,7H2,1-3H3,(H,16,17). The molecule has 1 heterocycles. The largest absolute Gasteiger partial charge is 0.348 e. The summed E-state index contributed by atoms with van der Waals surface area (Å²) in [6.07, 6.45) is 0. The van der Waals surface area contributed by atoms with Crippen LogP contribution in [0.3, 0.4) is 0 Å². The summed E-state index contributed by atoms with van der Waals surface area (Å²) in [6, 6.07) is 4.38. The maximum absolute atomic E-state index is 13.2. The zero-order valence-corrected chi connectivity index (χ0v) is 10.3. The first kappa shape index (κ1) is 12.0. The number of carbonyl (C=O) groups is 1. The van der Waals surface area contributed by atoms with E-state index in [1.54, 1.807) is 19.1 Å². The predicted octanol–water partition coefficient (Wildman–Crippen LogP) is 1.67. The van der Waals surface area contributed by atoms with Crippen molar-refractivity contribution in [2.24, 2.45) is 0 Å². The molecule has 1 fully saturated rings. The van der Waals surface area contributed by atoms with Gasteiger partial charge in [-0.05, 0) is 38.0 Å². The molecule has 0 bridgehead atoms. The lowest BCUT2D eigenvalue weighted by molar-refractivity contribution is -0.126. The van der Waals surface area contributed by atoms with Crippen LogP contribution < -0.4 is 10.6 Å². The quantitative estimate of drug-likeness (QED) is 0.779. The number of aryl methyl sites for hydroxylation is 1. The molecule has 0 radical (unpaired) electrons. The van der Waals surface area contributed by atoms with E-state index in [0.29, 0.717) is 12.1 Å². The van der Waals surface area contributed by atoms with E-state index in [-0.39, 0.29) is 23.3 Å². The van der Waals surface area contributed by atoms with Crippen molar-refractivity contribution in [1.82, 2.24) is 10.6 Å². The number of nitrogens with one attached hydrogen (secondary N) is 2. The number of carbonyl (C=O) groups excluding carboxylic acids is 1. The van der Waals surface area contributed by atoms with Gasteiger partial charge in [0.15, 0.2) is 0 Å². The van der Waals surface area contributed by atoms with Crippen LogP contribution in [0.2, 0.25) is 0 Å². The van der Waals surface area contributed by atoms with E-state index in [9.17, 15) is 9.18 Å². The minimum absolute atomic E-state index is 0.0627. The third-order valence-electron chi connectivity index (χ3n) is 2.99. The topological polar surface area (TPSA) is 41.1 Å². The van der Waals surface area contributed by atoms with E-state index in [0.717, 1.165) is 5.56 Å². The first-order valence-corrected chi connectivity index (χ1v) is 5.70. The number of amides is 1. The molecule has 1 aliphatic rings. The lowest BCUT2D eigenvalue weighted by atomic mass is 9.96. The molecule has 92 valence electrons. The minimum atomic E-state index is -0.387. The average molecular weight is 236 g/mol. The highest BCUT2D eigenvalue weighted by molar-refractivity contribution is 5.84. The Morgan fingerprint density at radius 1 is 1.41 bits per heavy atom. The van der Waals surface area contributed by atoms with Gasteiger partial charge < -0.3 is 5.32 Å². The SMILES string of the molecule is Cc1cc(C2NCC(C)(C)NC2=O)ccc1F. The van der Waals surface area contributed by atoms with Crippen molar-refractivity contribution in [3.63, 3.8) is 0 Å². The molecule has 17 heavy (non-hydrogen) atoms. The Balaban J connectivity index is 2.23. The van der Waals surface area contributed by atoms with Gasteiger partial charge in [-0.3, -0.25) is 10.1 Å². The Morgan fingerprint density at radius 3 is 2.71 bits per heavy atom. The molecule has 0 spiro atoms. The van der Waals surface area contributed by atoms with Crippen LogP contribution in [0.25, 0.3) is 0 Å². The zero-order chi connectivity index (χ0) is 12.6. The van der Waals surface area contributed by atoms with Crippen LogP contribution >= 0.6 is 0 Å². The van der Waals surface area contributed by atoms with Gasteiger partial charge in [-0.2, -0.15) is 0 Å². The summed E-state index contributed by atoms with van der Waals surface area (Å²) in [7, 11) is 0. The fourth-order valence-electron chi connectivity index (χ4n) is 2.02. The Hall–Kier alpha value is -1.42. The summed E-state index contributed by atoms with van der Waals surface area (Å²) in [4.78, 5) is 11.9. The average Bonchev–Trinajstić information content (AvgIpc) is 2.21. The minimum Gasteiger partial charge on any atom is -0.348 e. The second-order valence-corrected chi connectivity index (χ2v) is 5.20. The number of piperazine rings is 1. The van der Waals surface area contributed by atoms with Crippen molar-refractivity contribution >= 4 is 5.91 Å². The third kappa shape index (κ3) is 2.47. The van der Waals surface area contributed by atoms with Crippen LogP contribution in [0.15, 0.2) is 18.2 Å². The molecule has 1 aromatic rings. The first-order chi connectivity index (χ1) is 7.89. The van der Waals surface area contributed by atoms with Gasteiger partial charge in [0.2, 0.25) is 5.91 Å². The molecular weight excluding hydrogens is 219 g/mol. The van der Waals surface area contributed by atoms with Crippen LogP contribution in [0.5, 0.6) is 0 Å². The number of halogens is 1. The molecule has 1 unspecified atom stereocenters. The monoisotopic (exact) mass is 236 g/mol. The van der Waals surface area contributed by atoms with Gasteiger partial charge in [0.25, 0.3) is 0 Å². The molecule has 1 aromatic carbocycles. The van der Waals surface area contributed by atoms with Gasteiger partial charge in [0.1, 0.15) is 11.9 Å². The molecule has 2 rings (SSSR count). The maximum atomic E-state index is 13.2. The molecule has 0 aromatic heterocycles. The van der Waals surface area contributed by atoms with Gasteiger partial charge in [0, 0.05) is 12.1 Å². The first-order valence-electron chi connectivity index (χ1n) is 5.70. The molecule has 0 aliphatic carbocycles. The smallest absolute Gasteiger partial charge is 0.242 e. The third-order valence-corrected chi connectivity index (χ3v) is 2.99. The normalized spacial score (nSPS) is 23.3. The Morgan fingerprint density at radius 2 is 2.12 bits per heavy atom. The molecule has 4 heteroatoms. The highest BCUT2D eigenvalue weighted by Crippen LogP contribution is 2.21. The highest BCUT2D eigenvalue weighted by Gasteiger charge is 2.32. The molecule has 2 N–H and O–H groups in total. The number of benzene rings is 1. The van der Waals surface area contributed by atoms with Gasteiger partial charge in [-0.1, -0.05) is 12.1 Å². The molecule has 1 saturated heterocycles. The van der Waals surface area contributed by atoms with Crippen molar-refractivity contribution in [2.75, 3.05) is 6.54 Å². The highest BCUT2D eigenvalue weighted by atomic mass is 19.1. The van der Waals surface area contributed by atoms with Gasteiger partial charge in [-0.25, -0.2) is 4.39 Å². The van der Waals surface area contributed by atoms with Crippen molar-refractivity contribution in [1.29, 1.82) is 0 Å². The zero-order valence-electron chi connectivity index (χ0n) is 10.3. The van der Waals surface area contributed by atoms with E-state index < -0.39 is 0 Å². The number of hydrogen-bond acceptors (Lipinski definition) is 2. The fraction of sp³-hybridized carbons (Fsp3) is 0.462. The van der Waals surface area contributed by atoms with Crippen LogP contribution in [-0.4, -0.2) is 18.0 Å². The van der Waals surface area contributed by atoms with Crippen LogP contribution in [0, 0.1) is 12.7 Å². The van der Waals surface area contributed by atoms with Gasteiger partial charge >= 0.3 is 0 Å². The van der Waals surface area contributed by atoms with Crippen molar-refractivity contribution < 1.29 is 9.18 Å². The lowest BCUT2D eigenvalue weighted by Gasteiger charge is -2.36. The van der Waals surface area contributed by atoms with E-state index in [4.69, 9.17) is 0 Å². The summed E-state index contributed by atoms with van der Waals surface area (Å²) in [5.41, 5.74) is 1.13. The summed E-state index contributed by atoms with van der Waals surface area (Å²) in [5, 5.41) is 6.13. The summed E-state index contributed by atoms with van der Waals surface area (Å²) in [6.45, 7) is 6.32. The number of hydrogen-bond donors (Lipinski definition) is 2. The lowest BCUT2D eigenvalue weighted by Crippen LogP contribution is -2.59. The van der Waals surface area contributed by atoms with Crippen molar-refractivity contribution in [2.45, 2.75) is 32.4 Å². The van der Waals surface area contributed by atoms with Crippen LogP contribution in [-0.2, 0) is 4.79 Å². The van der Waals surface area contributed by atoms with E-state index in [2.05, 4.69) is 10.6 Å². The summed E-state index contributed by atoms with van der Waals surface area (Å²) in [5.74, 6) is -0.308. The second-order valence-electron chi connectivity index (χ2n) is 5.20. The maximum Gasteiger partial charge on any atom is 0.242 e. The molecule has 3 nitrogen and oxygen atoms in total. The number of rotatable bonds is 1.